The Morgan fingerprint density at radius 2 is 2.11 bits per heavy atom. The molecular formula is C10H18N4O4. The quantitative estimate of drug-likeness (QED) is 0.171. The van der Waals surface area contributed by atoms with Gasteiger partial charge in [0.1, 0.15) is 12.0 Å². The zero-order valence-corrected chi connectivity index (χ0v) is 10.2. The first-order chi connectivity index (χ1) is 8.42. The van der Waals surface area contributed by atoms with Crippen molar-refractivity contribution in [2.45, 2.75) is 19.8 Å². The molecule has 0 aromatic heterocycles. The van der Waals surface area contributed by atoms with Crippen molar-refractivity contribution < 1.29 is 19.5 Å². The van der Waals surface area contributed by atoms with E-state index in [1.54, 1.807) is 0 Å². The number of amides is 2. The molecule has 0 atom stereocenters. The van der Waals surface area contributed by atoms with Gasteiger partial charge < -0.3 is 26.7 Å². The molecule has 1 aliphatic carbocycles. The third-order valence-corrected chi connectivity index (χ3v) is 3.06. The molecule has 8 heteroatoms. The molecule has 0 heterocycles. The average molecular weight is 258 g/mol. The lowest BCUT2D eigenvalue weighted by atomic mass is 9.61. The summed E-state index contributed by atoms with van der Waals surface area (Å²) in [6.45, 7) is 2.10. The zero-order valence-electron chi connectivity index (χ0n) is 10.2. The first-order valence-corrected chi connectivity index (χ1v) is 5.61. The lowest BCUT2D eigenvalue weighted by Gasteiger charge is -2.43. The molecule has 102 valence electrons. The number of nitrogens with zero attached hydrogens (tertiary/aromatic N) is 1. The summed E-state index contributed by atoms with van der Waals surface area (Å²) in [5, 5.41) is 14.2. The van der Waals surface area contributed by atoms with Crippen LogP contribution in [0.1, 0.15) is 19.8 Å². The summed E-state index contributed by atoms with van der Waals surface area (Å²) < 4.78 is 4.48. The molecule has 2 amide bonds. The first kappa shape index (κ1) is 14.1. The SMILES string of the molecule is CC1CC(C(=O)NCCOC(N)=O)(C(N)=NO)C1. The second-order valence-electron chi connectivity index (χ2n) is 4.50. The number of hydrogen-bond acceptors (Lipinski definition) is 5. The lowest BCUT2D eigenvalue weighted by Crippen LogP contribution is -2.57. The van der Waals surface area contributed by atoms with Crippen molar-refractivity contribution in [1.29, 1.82) is 0 Å². The van der Waals surface area contributed by atoms with E-state index in [0.717, 1.165) is 0 Å². The minimum atomic E-state index is -0.944. The van der Waals surface area contributed by atoms with Crippen LogP contribution in [0.4, 0.5) is 4.79 Å². The van der Waals surface area contributed by atoms with Crippen LogP contribution in [0.15, 0.2) is 5.16 Å². The molecule has 0 spiro atoms. The van der Waals surface area contributed by atoms with E-state index in [2.05, 4.69) is 15.2 Å². The fraction of sp³-hybridized carbons (Fsp3) is 0.700. The Balaban J connectivity index is 2.50. The monoisotopic (exact) mass is 258 g/mol. The van der Waals surface area contributed by atoms with Crippen LogP contribution in [0.2, 0.25) is 0 Å². The van der Waals surface area contributed by atoms with E-state index in [9.17, 15) is 9.59 Å². The van der Waals surface area contributed by atoms with Gasteiger partial charge >= 0.3 is 6.09 Å². The van der Waals surface area contributed by atoms with Gasteiger partial charge in [-0.3, -0.25) is 4.79 Å². The Morgan fingerprint density at radius 3 is 2.56 bits per heavy atom. The summed E-state index contributed by atoms with van der Waals surface area (Å²) in [5.41, 5.74) is 9.39. The molecule has 1 saturated carbocycles. The van der Waals surface area contributed by atoms with E-state index >= 15 is 0 Å². The fourth-order valence-electron chi connectivity index (χ4n) is 2.22. The van der Waals surface area contributed by atoms with Crippen LogP contribution >= 0.6 is 0 Å². The number of ether oxygens (including phenoxy) is 1. The molecule has 1 fully saturated rings. The second-order valence-corrected chi connectivity index (χ2v) is 4.50. The van der Waals surface area contributed by atoms with Gasteiger partial charge in [-0.05, 0) is 18.8 Å². The molecule has 6 N–H and O–H groups in total. The number of rotatable bonds is 5. The largest absolute Gasteiger partial charge is 0.448 e. The Bertz CT molecular complexity index is 363. The van der Waals surface area contributed by atoms with Gasteiger partial charge in [0.15, 0.2) is 5.84 Å². The molecule has 0 bridgehead atoms. The van der Waals surface area contributed by atoms with E-state index < -0.39 is 11.5 Å². The molecule has 0 radical (unpaired) electrons. The van der Waals surface area contributed by atoms with Crippen LogP contribution in [0.25, 0.3) is 0 Å². The maximum Gasteiger partial charge on any atom is 0.404 e. The molecule has 8 nitrogen and oxygen atoms in total. The highest BCUT2D eigenvalue weighted by molar-refractivity contribution is 6.07. The maximum atomic E-state index is 12.0. The van der Waals surface area contributed by atoms with E-state index in [0.29, 0.717) is 18.8 Å². The van der Waals surface area contributed by atoms with Gasteiger partial charge in [0, 0.05) is 0 Å². The number of nitrogens with one attached hydrogen (secondary N) is 1. The standard InChI is InChI=1S/C10H18N4O4/c1-6-4-10(5-6,7(11)14-17)8(15)13-2-3-18-9(12)16/h6,17H,2-5H2,1H3,(H2,11,14)(H2,12,16)(H,13,15). The van der Waals surface area contributed by atoms with Crippen LogP contribution in [0.5, 0.6) is 0 Å². The van der Waals surface area contributed by atoms with Crippen molar-refractivity contribution in [1.82, 2.24) is 5.32 Å². The summed E-state index contributed by atoms with van der Waals surface area (Å²) in [6, 6.07) is 0. The average Bonchev–Trinajstić information content (AvgIpc) is 2.28. The number of carbonyl (C=O) groups is 2. The molecule has 0 aromatic carbocycles. The summed E-state index contributed by atoms with van der Waals surface area (Å²) >= 11 is 0. The van der Waals surface area contributed by atoms with E-state index in [1.165, 1.54) is 0 Å². The zero-order chi connectivity index (χ0) is 13.8. The molecule has 0 saturated heterocycles. The van der Waals surface area contributed by atoms with Crippen molar-refractivity contribution in [2.75, 3.05) is 13.2 Å². The molecule has 0 unspecified atom stereocenters. The van der Waals surface area contributed by atoms with Crippen molar-refractivity contribution in [2.24, 2.45) is 28.0 Å². The number of primary amides is 1. The second kappa shape index (κ2) is 5.56. The van der Waals surface area contributed by atoms with Crippen LogP contribution in [-0.4, -0.2) is 36.2 Å². The van der Waals surface area contributed by atoms with Crippen molar-refractivity contribution in [3.63, 3.8) is 0 Å². The van der Waals surface area contributed by atoms with Crippen molar-refractivity contribution in [3.05, 3.63) is 0 Å². The van der Waals surface area contributed by atoms with Crippen molar-refractivity contribution >= 4 is 17.8 Å². The summed E-state index contributed by atoms with van der Waals surface area (Å²) in [4.78, 5) is 22.3. The number of oxime groups is 1. The highest BCUT2D eigenvalue weighted by atomic mass is 16.5. The number of hydrogen-bond donors (Lipinski definition) is 4. The van der Waals surface area contributed by atoms with E-state index in [4.69, 9.17) is 16.7 Å². The van der Waals surface area contributed by atoms with Gasteiger partial charge in [0.2, 0.25) is 5.91 Å². The fourth-order valence-corrected chi connectivity index (χ4v) is 2.22. The van der Waals surface area contributed by atoms with Crippen LogP contribution < -0.4 is 16.8 Å². The molecule has 1 rings (SSSR count). The van der Waals surface area contributed by atoms with Gasteiger partial charge in [-0.1, -0.05) is 12.1 Å². The number of nitrogens with two attached hydrogens (primary N) is 2. The third kappa shape index (κ3) is 2.82. The molecule has 0 aliphatic heterocycles. The Hall–Kier alpha value is -1.99. The van der Waals surface area contributed by atoms with Crippen LogP contribution in [0, 0.1) is 11.3 Å². The number of carbonyl (C=O) groups excluding carboxylic acids is 2. The number of amidine groups is 1. The summed E-state index contributed by atoms with van der Waals surface area (Å²) in [7, 11) is 0. The minimum Gasteiger partial charge on any atom is -0.448 e. The predicted molar refractivity (Wildman–Crippen MR) is 62.8 cm³/mol. The Labute approximate surface area is 104 Å². The van der Waals surface area contributed by atoms with Gasteiger partial charge in [0.05, 0.1) is 6.54 Å². The van der Waals surface area contributed by atoms with Gasteiger partial charge in [-0.2, -0.15) is 0 Å². The maximum absolute atomic E-state index is 12.0. The third-order valence-electron chi connectivity index (χ3n) is 3.06. The van der Waals surface area contributed by atoms with Gasteiger partial charge in [-0.25, -0.2) is 4.79 Å². The van der Waals surface area contributed by atoms with Crippen LogP contribution in [-0.2, 0) is 9.53 Å². The highest BCUT2D eigenvalue weighted by Gasteiger charge is 2.52. The lowest BCUT2D eigenvalue weighted by molar-refractivity contribution is -0.133. The van der Waals surface area contributed by atoms with Crippen molar-refractivity contribution in [3.8, 4) is 0 Å². The smallest absolute Gasteiger partial charge is 0.404 e. The Morgan fingerprint density at radius 1 is 1.50 bits per heavy atom. The normalized spacial score (nSPS) is 27.2. The molecule has 18 heavy (non-hydrogen) atoms. The first-order valence-electron chi connectivity index (χ1n) is 5.61. The summed E-state index contributed by atoms with van der Waals surface area (Å²) in [5.74, 6) is -0.0733. The molecule has 1 aliphatic rings. The molecule has 0 aromatic rings. The van der Waals surface area contributed by atoms with E-state index in [1.807, 2.05) is 6.92 Å². The van der Waals surface area contributed by atoms with Crippen LogP contribution in [0.3, 0.4) is 0 Å². The van der Waals surface area contributed by atoms with E-state index in [-0.39, 0.29) is 24.9 Å². The Kier molecular flexibility index (Phi) is 4.35. The predicted octanol–water partition coefficient (Wildman–Crippen LogP) is -0.639. The molecular weight excluding hydrogens is 240 g/mol. The van der Waals surface area contributed by atoms with Gasteiger partial charge in [0.25, 0.3) is 0 Å². The highest BCUT2D eigenvalue weighted by Crippen LogP contribution is 2.45. The van der Waals surface area contributed by atoms with Gasteiger partial charge in [-0.15, -0.1) is 0 Å². The minimum absolute atomic E-state index is 0.0110. The summed E-state index contributed by atoms with van der Waals surface area (Å²) in [6.07, 6.45) is 0.171. The topological polar surface area (TPSA) is 140 Å².